The maximum atomic E-state index is 12.6. The van der Waals surface area contributed by atoms with E-state index in [9.17, 15) is 9.90 Å². The van der Waals surface area contributed by atoms with Crippen LogP contribution < -0.4 is 5.32 Å². The topological polar surface area (TPSA) is 65.5 Å². The van der Waals surface area contributed by atoms with E-state index in [-0.39, 0.29) is 18.0 Å². The van der Waals surface area contributed by atoms with E-state index in [0.717, 1.165) is 49.5 Å². The van der Waals surface area contributed by atoms with Crippen LogP contribution in [0.5, 0.6) is 0 Å². The van der Waals surface area contributed by atoms with Gasteiger partial charge in [0.15, 0.2) is 0 Å². The van der Waals surface area contributed by atoms with E-state index in [1.54, 1.807) is 0 Å². The largest absolute Gasteiger partial charge is 0.389 e. The van der Waals surface area contributed by atoms with E-state index in [1.807, 2.05) is 13.8 Å². The molecule has 1 saturated heterocycles. The van der Waals surface area contributed by atoms with E-state index >= 15 is 0 Å². The van der Waals surface area contributed by atoms with Crippen LogP contribution in [0.25, 0.3) is 0 Å². The Bertz CT molecular complexity index is 554. The second kappa shape index (κ2) is 7.28. The number of likely N-dealkylation sites (tertiary alicyclic amines) is 1. The number of rotatable bonds is 3. The minimum absolute atomic E-state index is 0.0841. The van der Waals surface area contributed by atoms with Gasteiger partial charge in [-0.25, -0.2) is 4.98 Å². The zero-order chi connectivity index (χ0) is 16.4. The van der Waals surface area contributed by atoms with Crippen molar-refractivity contribution in [1.82, 2.24) is 15.2 Å². The number of aryl methyl sites for hydroxylation is 2. The first-order valence-corrected chi connectivity index (χ1v) is 9.55. The summed E-state index contributed by atoms with van der Waals surface area (Å²) in [6.45, 7) is 5.94. The maximum absolute atomic E-state index is 12.6. The second-order valence-electron chi connectivity index (χ2n) is 6.81. The van der Waals surface area contributed by atoms with Crippen LogP contribution in [0.15, 0.2) is 0 Å². The summed E-state index contributed by atoms with van der Waals surface area (Å²) in [6.07, 6.45) is 6.05. The normalized spacial score (nSPS) is 29.4. The molecule has 0 unspecified atom stereocenters. The van der Waals surface area contributed by atoms with E-state index in [2.05, 4.69) is 15.2 Å². The minimum atomic E-state index is -0.478. The van der Waals surface area contributed by atoms with Crippen LogP contribution in [0.2, 0.25) is 0 Å². The van der Waals surface area contributed by atoms with Crippen molar-refractivity contribution in [3.05, 3.63) is 15.6 Å². The molecule has 2 aliphatic rings. The third kappa shape index (κ3) is 3.75. The number of aliphatic hydroxyl groups is 1. The molecule has 1 amide bonds. The lowest BCUT2D eigenvalue weighted by atomic mass is 10.00. The van der Waals surface area contributed by atoms with Gasteiger partial charge in [0.1, 0.15) is 4.88 Å². The van der Waals surface area contributed by atoms with E-state index < -0.39 is 6.10 Å². The number of aliphatic hydroxyl groups excluding tert-OH is 1. The summed E-state index contributed by atoms with van der Waals surface area (Å²) in [5, 5.41) is 14.9. The highest BCUT2D eigenvalue weighted by atomic mass is 32.1. The maximum Gasteiger partial charge on any atom is 0.263 e. The first-order valence-electron chi connectivity index (χ1n) is 8.73. The fourth-order valence-electron chi connectivity index (χ4n) is 3.93. The van der Waals surface area contributed by atoms with Crippen molar-refractivity contribution in [3.63, 3.8) is 0 Å². The predicted molar refractivity (Wildman–Crippen MR) is 91.9 cm³/mol. The molecular formula is C17H27N3O2S. The summed E-state index contributed by atoms with van der Waals surface area (Å²) in [4.78, 5) is 20.0. The number of aromatic nitrogens is 1. The van der Waals surface area contributed by atoms with Crippen molar-refractivity contribution in [3.8, 4) is 0 Å². The highest BCUT2D eigenvalue weighted by Crippen LogP contribution is 2.26. The van der Waals surface area contributed by atoms with Crippen molar-refractivity contribution < 1.29 is 9.90 Å². The Hall–Kier alpha value is -0.980. The van der Waals surface area contributed by atoms with Crippen LogP contribution in [-0.2, 0) is 0 Å². The Kier molecular flexibility index (Phi) is 5.34. The van der Waals surface area contributed by atoms with Gasteiger partial charge in [0, 0.05) is 6.04 Å². The molecule has 6 heteroatoms. The predicted octanol–water partition coefficient (Wildman–Crippen LogP) is 2.26. The van der Waals surface area contributed by atoms with Gasteiger partial charge in [-0.05, 0) is 52.6 Å². The van der Waals surface area contributed by atoms with Gasteiger partial charge in [0.25, 0.3) is 5.91 Å². The molecule has 0 spiro atoms. The fourth-order valence-corrected chi connectivity index (χ4v) is 4.76. The van der Waals surface area contributed by atoms with E-state index in [0.29, 0.717) is 4.88 Å². The van der Waals surface area contributed by atoms with Gasteiger partial charge >= 0.3 is 0 Å². The monoisotopic (exact) mass is 337 g/mol. The molecule has 128 valence electrons. The number of amides is 1. The van der Waals surface area contributed by atoms with Gasteiger partial charge in [-0.3, -0.25) is 9.69 Å². The van der Waals surface area contributed by atoms with Crippen LogP contribution >= 0.6 is 11.3 Å². The molecule has 23 heavy (non-hydrogen) atoms. The molecule has 2 N–H and O–H groups in total. The van der Waals surface area contributed by atoms with Gasteiger partial charge in [0.05, 0.1) is 22.8 Å². The summed E-state index contributed by atoms with van der Waals surface area (Å²) in [6, 6.07) is 0.0343. The quantitative estimate of drug-likeness (QED) is 0.831. The molecule has 0 aromatic carbocycles. The average Bonchev–Trinajstić information content (AvgIpc) is 3.11. The molecule has 5 nitrogen and oxygen atoms in total. The molecule has 0 bridgehead atoms. The standard InChI is InChI=1S/C17H27N3O2S/c1-11-16(23-12(2)18-11)17(22)19-13-7-3-4-8-14(15(13)21)20-9-5-6-10-20/h13-15,21H,3-10H2,1-2H3,(H,19,22)/t13-,14-,15-/m1/s1. The average molecular weight is 337 g/mol. The number of nitrogens with zero attached hydrogens (tertiary/aromatic N) is 2. The summed E-state index contributed by atoms with van der Waals surface area (Å²) >= 11 is 1.43. The Morgan fingerprint density at radius 1 is 1.22 bits per heavy atom. The fraction of sp³-hybridized carbons (Fsp3) is 0.765. The van der Waals surface area contributed by atoms with Gasteiger partial charge in [-0.15, -0.1) is 11.3 Å². The summed E-state index contributed by atoms with van der Waals surface area (Å²) in [7, 11) is 0. The lowest BCUT2D eigenvalue weighted by molar-refractivity contribution is 0.0338. The van der Waals surface area contributed by atoms with Gasteiger partial charge in [-0.2, -0.15) is 0 Å². The number of carbonyl (C=O) groups excluding carboxylic acids is 1. The van der Waals surface area contributed by atoms with Crippen LogP contribution in [0.1, 0.15) is 58.9 Å². The Morgan fingerprint density at radius 2 is 1.91 bits per heavy atom. The van der Waals surface area contributed by atoms with Crippen molar-refractivity contribution in [2.75, 3.05) is 13.1 Å². The Balaban J connectivity index is 1.70. The van der Waals surface area contributed by atoms with Gasteiger partial charge in [0.2, 0.25) is 0 Å². The molecule has 1 saturated carbocycles. The lowest BCUT2D eigenvalue weighted by Gasteiger charge is -2.34. The Labute approximate surface area is 142 Å². The van der Waals surface area contributed by atoms with Crippen LogP contribution in [0.4, 0.5) is 0 Å². The van der Waals surface area contributed by atoms with Crippen molar-refractivity contribution in [2.45, 2.75) is 70.6 Å². The first-order chi connectivity index (χ1) is 11.1. The molecule has 3 rings (SSSR count). The van der Waals surface area contributed by atoms with Crippen molar-refractivity contribution >= 4 is 17.2 Å². The van der Waals surface area contributed by atoms with Gasteiger partial charge < -0.3 is 10.4 Å². The molecule has 1 aliphatic heterocycles. The molecule has 2 heterocycles. The third-order valence-corrected chi connectivity index (χ3v) is 6.18. The highest BCUT2D eigenvalue weighted by molar-refractivity contribution is 7.13. The summed E-state index contributed by atoms with van der Waals surface area (Å²) < 4.78 is 0. The molecule has 1 aromatic heterocycles. The summed E-state index contributed by atoms with van der Waals surface area (Å²) in [5.41, 5.74) is 0.782. The number of hydrogen-bond donors (Lipinski definition) is 2. The molecule has 2 fully saturated rings. The zero-order valence-electron chi connectivity index (χ0n) is 14.0. The van der Waals surface area contributed by atoms with Crippen molar-refractivity contribution in [1.29, 1.82) is 0 Å². The molecule has 1 aromatic rings. The number of hydrogen-bond acceptors (Lipinski definition) is 5. The minimum Gasteiger partial charge on any atom is -0.389 e. The molecular weight excluding hydrogens is 310 g/mol. The van der Waals surface area contributed by atoms with Crippen LogP contribution in [-0.4, -0.2) is 52.2 Å². The van der Waals surface area contributed by atoms with Crippen LogP contribution in [0, 0.1) is 13.8 Å². The number of carbonyl (C=O) groups is 1. The number of thiazole rings is 1. The Morgan fingerprint density at radius 3 is 2.57 bits per heavy atom. The smallest absolute Gasteiger partial charge is 0.263 e. The molecule has 0 radical (unpaired) electrons. The van der Waals surface area contributed by atoms with E-state index in [4.69, 9.17) is 0 Å². The van der Waals surface area contributed by atoms with Crippen LogP contribution in [0.3, 0.4) is 0 Å². The van der Waals surface area contributed by atoms with Crippen molar-refractivity contribution in [2.24, 2.45) is 0 Å². The molecule has 3 atom stereocenters. The second-order valence-corrected chi connectivity index (χ2v) is 8.02. The third-order valence-electron chi connectivity index (χ3n) is 5.11. The molecule has 1 aliphatic carbocycles. The SMILES string of the molecule is Cc1nc(C)c(C(=O)N[C@@H]2CCCC[C@@H](N3CCCC3)[C@@H]2O)s1. The van der Waals surface area contributed by atoms with E-state index in [1.165, 1.54) is 24.2 Å². The highest BCUT2D eigenvalue weighted by Gasteiger charge is 2.35. The first kappa shape index (κ1) is 16.9. The van der Waals surface area contributed by atoms with Gasteiger partial charge in [-0.1, -0.05) is 12.8 Å². The number of nitrogens with one attached hydrogen (secondary N) is 1. The summed E-state index contributed by atoms with van der Waals surface area (Å²) in [5.74, 6) is -0.0841. The zero-order valence-corrected chi connectivity index (χ0v) is 14.9. The lowest BCUT2D eigenvalue weighted by Crippen LogP contribution is -2.52.